The van der Waals surface area contributed by atoms with Gasteiger partial charge in [-0.15, -0.1) is 0 Å². The van der Waals surface area contributed by atoms with Crippen LogP contribution < -0.4 is 9.47 Å². The summed E-state index contributed by atoms with van der Waals surface area (Å²) in [6.07, 6.45) is -0.690. The first-order chi connectivity index (χ1) is 15.3. The average molecular weight is 485 g/mol. The van der Waals surface area contributed by atoms with Crippen molar-refractivity contribution in [2.45, 2.75) is 116 Å². The molecule has 0 radical (unpaired) electrons. The van der Waals surface area contributed by atoms with Crippen molar-refractivity contribution in [1.82, 2.24) is 9.97 Å². The highest BCUT2D eigenvalue weighted by atomic mass is 16.8. The van der Waals surface area contributed by atoms with E-state index in [4.69, 9.17) is 33.2 Å². The first kappa shape index (κ1) is 27.0. The van der Waals surface area contributed by atoms with Gasteiger partial charge in [-0.1, -0.05) is 0 Å². The minimum Gasteiger partial charge on any atom is -0.471 e. The zero-order chi connectivity index (χ0) is 25.7. The summed E-state index contributed by atoms with van der Waals surface area (Å²) in [5.74, 6) is -3.60. The monoisotopic (exact) mass is 484 g/mol. The summed E-state index contributed by atoms with van der Waals surface area (Å²) in [5, 5.41) is 11.9. The summed E-state index contributed by atoms with van der Waals surface area (Å²) < 4.78 is 41.5. The highest BCUT2D eigenvalue weighted by Crippen LogP contribution is 2.50. The van der Waals surface area contributed by atoms with E-state index in [9.17, 15) is 5.11 Å². The molecule has 3 heterocycles. The third-order valence-corrected chi connectivity index (χ3v) is 5.22. The number of fused-ring (bicyclic) bond motifs is 1. The van der Waals surface area contributed by atoms with Gasteiger partial charge in [0.15, 0.2) is 11.6 Å². The van der Waals surface area contributed by atoms with Crippen LogP contribution in [0.1, 0.15) is 74.8 Å². The fourth-order valence-electron chi connectivity index (χ4n) is 3.70. The van der Waals surface area contributed by atoms with Crippen LogP contribution in [0.3, 0.4) is 0 Å². The molecule has 3 rings (SSSR count). The molecule has 10 heteroatoms. The second-order valence-electron chi connectivity index (χ2n) is 11.6. The molecule has 2 aliphatic heterocycles. The Labute approximate surface area is 202 Å². The summed E-state index contributed by atoms with van der Waals surface area (Å²) in [5.41, 5.74) is -0.920. The number of nitrogens with zero attached hydrogens (tertiary/aromatic N) is 2. The summed E-state index contributed by atoms with van der Waals surface area (Å²) >= 11 is 0. The second-order valence-corrected chi connectivity index (χ2v) is 11.6. The van der Waals surface area contributed by atoms with Gasteiger partial charge in [0.25, 0.3) is 0 Å². The molecule has 34 heavy (non-hydrogen) atoms. The molecule has 194 valence electrons. The molecule has 4 atom stereocenters. The standard InChI is InChI=1S/C24H40N2O8/c1-20(2,3)33-18-14(12-25-19(26-18)34-21(4,5)6)24(27)17-16(31-23(9,10)32-17)15(30-24)13-29-22(7,8)28-11/h12,15-17,27H,13H2,1-11H3/t15-,16-,17-,24?/m1/s1. The molecule has 0 aliphatic carbocycles. The summed E-state index contributed by atoms with van der Waals surface area (Å²) in [6, 6.07) is 0.124. The lowest BCUT2D eigenvalue weighted by Crippen LogP contribution is -2.42. The fraction of sp³-hybridized carbons (Fsp3) is 0.833. The van der Waals surface area contributed by atoms with Gasteiger partial charge in [-0.05, 0) is 69.2 Å². The lowest BCUT2D eigenvalue weighted by Gasteiger charge is -2.33. The van der Waals surface area contributed by atoms with Crippen molar-refractivity contribution in [3.05, 3.63) is 11.8 Å². The Hall–Kier alpha value is -1.56. The van der Waals surface area contributed by atoms with Gasteiger partial charge >= 0.3 is 6.01 Å². The van der Waals surface area contributed by atoms with Crippen molar-refractivity contribution in [2.75, 3.05) is 13.7 Å². The molecule has 1 N–H and O–H groups in total. The van der Waals surface area contributed by atoms with Crippen molar-refractivity contribution < 1.29 is 38.3 Å². The van der Waals surface area contributed by atoms with Crippen LogP contribution in [0, 0.1) is 0 Å². The number of aliphatic hydroxyl groups is 1. The van der Waals surface area contributed by atoms with Gasteiger partial charge in [0.05, 0.1) is 12.2 Å². The first-order valence-electron chi connectivity index (χ1n) is 11.5. The summed E-state index contributed by atoms with van der Waals surface area (Å²) in [6.45, 7) is 18.6. The highest BCUT2D eigenvalue weighted by Gasteiger charge is 2.64. The molecule has 1 aromatic rings. The van der Waals surface area contributed by atoms with Crippen LogP contribution in [0.15, 0.2) is 6.20 Å². The van der Waals surface area contributed by atoms with Crippen LogP contribution >= 0.6 is 0 Å². The van der Waals surface area contributed by atoms with Crippen LogP contribution in [0.5, 0.6) is 11.9 Å². The van der Waals surface area contributed by atoms with Crippen molar-refractivity contribution in [3.8, 4) is 11.9 Å². The van der Waals surface area contributed by atoms with Gasteiger partial charge in [0, 0.05) is 13.3 Å². The molecule has 0 bridgehead atoms. The van der Waals surface area contributed by atoms with E-state index in [1.807, 2.05) is 41.5 Å². The molecule has 0 aromatic carbocycles. The zero-order valence-electron chi connectivity index (χ0n) is 22.2. The number of methoxy groups -OCH3 is 1. The van der Waals surface area contributed by atoms with E-state index in [0.29, 0.717) is 0 Å². The third kappa shape index (κ3) is 6.16. The molecule has 2 fully saturated rings. The number of ether oxygens (including phenoxy) is 7. The predicted molar refractivity (Wildman–Crippen MR) is 122 cm³/mol. The average Bonchev–Trinajstić information content (AvgIpc) is 3.10. The Morgan fingerprint density at radius 2 is 1.59 bits per heavy atom. The Kier molecular flexibility index (Phi) is 7.02. The SMILES string of the molecule is COC(C)(C)OC[C@H]1OC(O)(c2cnc(OC(C)(C)C)nc2OC(C)(C)C)[C@@H]2OC(C)(C)O[C@@H]21. The molecular weight excluding hydrogens is 444 g/mol. The van der Waals surface area contributed by atoms with Gasteiger partial charge in [-0.25, -0.2) is 4.98 Å². The molecule has 2 aliphatic rings. The Morgan fingerprint density at radius 3 is 2.15 bits per heavy atom. The quantitative estimate of drug-likeness (QED) is 0.579. The Bertz CT molecular complexity index is 877. The van der Waals surface area contributed by atoms with E-state index in [0.717, 1.165) is 0 Å². The van der Waals surface area contributed by atoms with E-state index in [2.05, 4.69) is 9.97 Å². The number of aromatic nitrogens is 2. The molecule has 1 aromatic heterocycles. The highest BCUT2D eigenvalue weighted by molar-refractivity contribution is 5.33. The largest absolute Gasteiger partial charge is 0.471 e. The van der Waals surface area contributed by atoms with Gasteiger partial charge in [-0.3, -0.25) is 0 Å². The Balaban J connectivity index is 2.01. The smallest absolute Gasteiger partial charge is 0.320 e. The minimum absolute atomic E-state index is 0.102. The lowest BCUT2D eigenvalue weighted by atomic mass is 9.99. The summed E-state index contributed by atoms with van der Waals surface area (Å²) in [4.78, 5) is 8.78. The molecule has 10 nitrogen and oxygen atoms in total. The van der Waals surface area contributed by atoms with Crippen molar-refractivity contribution in [2.24, 2.45) is 0 Å². The van der Waals surface area contributed by atoms with E-state index < -0.39 is 46.9 Å². The molecule has 2 saturated heterocycles. The zero-order valence-corrected chi connectivity index (χ0v) is 22.2. The normalized spacial score (nSPS) is 29.2. The molecule has 0 saturated carbocycles. The van der Waals surface area contributed by atoms with Crippen LogP contribution in [-0.4, -0.2) is 69.9 Å². The number of hydrogen-bond donors (Lipinski definition) is 1. The minimum atomic E-state index is -1.95. The van der Waals surface area contributed by atoms with E-state index in [1.54, 1.807) is 34.8 Å². The molecule has 0 amide bonds. The lowest BCUT2D eigenvalue weighted by molar-refractivity contribution is -0.294. The van der Waals surface area contributed by atoms with Crippen LogP contribution in [-0.2, 0) is 29.5 Å². The van der Waals surface area contributed by atoms with E-state index >= 15 is 0 Å². The van der Waals surface area contributed by atoms with E-state index in [-0.39, 0.29) is 24.1 Å². The van der Waals surface area contributed by atoms with Gasteiger partial charge in [0.1, 0.15) is 29.5 Å². The Morgan fingerprint density at radius 1 is 0.971 bits per heavy atom. The first-order valence-corrected chi connectivity index (χ1v) is 11.5. The maximum absolute atomic E-state index is 11.9. The second kappa shape index (κ2) is 8.83. The van der Waals surface area contributed by atoms with Crippen LogP contribution in [0.4, 0.5) is 0 Å². The predicted octanol–water partition coefficient (Wildman–Crippen LogP) is 3.29. The van der Waals surface area contributed by atoms with Gasteiger partial charge in [-0.2, -0.15) is 4.98 Å². The molecular formula is C24H40N2O8. The number of hydrogen-bond acceptors (Lipinski definition) is 10. The molecule has 0 spiro atoms. The maximum atomic E-state index is 11.9. The third-order valence-electron chi connectivity index (χ3n) is 5.22. The van der Waals surface area contributed by atoms with Crippen molar-refractivity contribution in [3.63, 3.8) is 0 Å². The maximum Gasteiger partial charge on any atom is 0.320 e. The van der Waals surface area contributed by atoms with Crippen molar-refractivity contribution >= 4 is 0 Å². The fourth-order valence-corrected chi connectivity index (χ4v) is 3.70. The van der Waals surface area contributed by atoms with Gasteiger partial charge in [0.2, 0.25) is 11.7 Å². The van der Waals surface area contributed by atoms with E-state index in [1.165, 1.54) is 6.20 Å². The molecule has 1 unspecified atom stereocenters. The summed E-state index contributed by atoms with van der Waals surface area (Å²) in [7, 11) is 1.56. The number of rotatable bonds is 7. The van der Waals surface area contributed by atoms with Crippen molar-refractivity contribution in [1.29, 1.82) is 0 Å². The van der Waals surface area contributed by atoms with Gasteiger partial charge < -0.3 is 38.3 Å². The topological polar surface area (TPSA) is 111 Å². The van der Waals surface area contributed by atoms with Crippen LogP contribution in [0.25, 0.3) is 0 Å². The van der Waals surface area contributed by atoms with Crippen LogP contribution in [0.2, 0.25) is 0 Å².